The van der Waals surface area contributed by atoms with E-state index < -0.39 is 18.2 Å². The summed E-state index contributed by atoms with van der Waals surface area (Å²) in [6, 6.07) is 0. The lowest BCUT2D eigenvalue weighted by Gasteiger charge is -2.33. The smallest absolute Gasteiger partial charge is 0.410 e. The molecule has 2 N–H and O–H groups in total. The van der Waals surface area contributed by atoms with Gasteiger partial charge in [0.15, 0.2) is 5.96 Å². The molecule has 0 bridgehead atoms. The van der Waals surface area contributed by atoms with Gasteiger partial charge < -0.3 is 20.3 Å². The van der Waals surface area contributed by atoms with Crippen LogP contribution in [0.15, 0.2) is 4.99 Å². The number of nitrogens with one attached hydrogen (secondary N) is 2. The molecule has 6 nitrogen and oxygen atoms in total. The third kappa shape index (κ3) is 9.72. The normalized spacial score (nSPS) is 17.2. The van der Waals surface area contributed by atoms with Crippen LogP contribution in [0.5, 0.6) is 0 Å². The van der Waals surface area contributed by atoms with Crippen molar-refractivity contribution in [1.29, 1.82) is 0 Å². The van der Waals surface area contributed by atoms with Gasteiger partial charge in [-0.3, -0.25) is 4.99 Å². The zero-order valence-electron chi connectivity index (χ0n) is 16.1. The van der Waals surface area contributed by atoms with Crippen LogP contribution in [-0.4, -0.2) is 61.5 Å². The van der Waals surface area contributed by atoms with E-state index in [2.05, 4.69) is 15.6 Å². The summed E-state index contributed by atoms with van der Waals surface area (Å²) in [7, 11) is 0. The standard InChI is InChI=1S/C17H31F3N4O2/c1-5-21-14(22-9-8-17(18,19)20)23-12-13-6-10-24(11-7-13)15(25)26-16(2,3)4/h13H,5-12H2,1-4H3,(H2,21,22,23). The number of hydrogen-bond acceptors (Lipinski definition) is 3. The zero-order chi connectivity index (χ0) is 19.8. The number of alkyl halides is 3. The molecule has 0 aromatic carbocycles. The molecule has 0 spiro atoms. The van der Waals surface area contributed by atoms with Gasteiger partial charge in [-0.15, -0.1) is 0 Å². The fraction of sp³-hybridized carbons (Fsp3) is 0.882. The molecule has 9 heteroatoms. The highest BCUT2D eigenvalue weighted by molar-refractivity contribution is 5.79. The van der Waals surface area contributed by atoms with Gasteiger partial charge >= 0.3 is 12.3 Å². The van der Waals surface area contributed by atoms with Crippen LogP contribution in [0.3, 0.4) is 0 Å². The molecule has 152 valence electrons. The second-order valence-electron chi connectivity index (χ2n) is 7.42. The van der Waals surface area contributed by atoms with Crippen molar-refractivity contribution in [2.75, 3.05) is 32.7 Å². The van der Waals surface area contributed by atoms with Gasteiger partial charge in [0, 0.05) is 32.7 Å². The second-order valence-corrected chi connectivity index (χ2v) is 7.42. The molecule has 0 aromatic rings. The summed E-state index contributed by atoms with van der Waals surface area (Å²) in [6.45, 7) is 9.46. The Hall–Kier alpha value is -1.67. The van der Waals surface area contributed by atoms with Crippen molar-refractivity contribution in [1.82, 2.24) is 15.5 Å². The lowest BCUT2D eigenvalue weighted by atomic mass is 9.97. The van der Waals surface area contributed by atoms with E-state index in [0.717, 1.165) is 12.8 Å². The molecule has 0 saturated carbocycles. The highest BCUT2D eigenvalue weighted by atomic mass is 19.4. The maximum absolute atomic E-state index is 12.2. The molecule has 1 amide bonds. The predicted octanol–water partition coefficient (Wildman–Crippen LogP) is 3.14. The molecule has 1 aliphatic heterocycles. The summed E-state index contributed by atoms with van der Waals surface area (Å²) < 4.78 is 42.1. The Kier molecular flexibility index (Phi) is 8.49. The molecule has 0 atom stereocenters. The van der Waals surface area contributed by atoms with Crippen LogP contribution < -0.4 is 10.6 Å². The number of amides is 1. The van der Waals surface area contributed by atoms with Crippen molar-refractivity contribution >= 4 is 12.1 Å². The van der Waals surface area contributed by atoms with E-state index in [-0.39, 0.29) is 12.6 Å². The van der Waals surface area contributed by atoms with Crippen molar-refractivity contribution in [3.8, 4) is 0 Å². The molecular formula is C17H31F3N4O2. The number of nitrogens with zero attached hydrogens (tertiary/aromatic N) is 2. The molecule has 1 aliphatic rings. The van der Waals surface area contributed by atoms with Gasteiger partial charge in [0.25, 0.3) is 0 Å². The van der Waals surface area contributed by atoms with Crippen LogP contribution in [0.2, 0.25) is 0 Å². The van der Waals surface area contributed by atoms with E-state index in [1.54, 1.807) is 4.90 Å². The Morgan fingerprint density at radius 1 is 1.19 bits per heavy atom. The summed E-state index contributed by atoms with van der Waals surface area (Å²) in [6.07, 6.45) is -3.79. The molecular weight excluding hydrogens is 349 g/mol. The summed E-state index contributed by atoms with van der Waals surface area (Å²) in [5, 5.41) is 5.65. The molecule has 26 heavy (non-hydrogen) atoms. The first-order chi connectivity index (χ1) is 12.0. The molecule has 1 saturated heterocycles. The highest BCUT2D eigenvalue weighted by Crippen LogP contribution is 2.20. The van der Waals surface area contributed by atoms with Crippen molar-refractivity contribution in [2.24, 2.45) is 10.9 Å². The molecule has 1 fully saturated rings. The predicted molar refractivity (Wildman–Crippen MR) is 95.2 cm³/mol. The first kappa shape index (κ1) is 22.4. The summed E-state index contributed by atoms with van der Waals surface area (Å²) in [4.78, 5) is 18.1. The summed E-state index contributed by atoms with van der Waals surface area (Å²) in [5.41, 5.74) is -0.513. The lowest BCUT2D eigenvalue weighted by molar-refractivity contribution is -0.132. The van der Waals surface area contributed by atoms with Crippen LogP contribution in [0.25, 0.3) is 0 Å². The largest absolute Gasteiger partial charge is 0.444 e. The van der Waals surface area contributed by atoms with Crippen LogP contribution in [0.4, 0.5) is 18.0 Å². The van der Waals surface area contributed by atoms with E-state index in [1.807, 2.05) is 27.7 Å². The van der Waals surface area contributed by atoms with E-state index in [4.69, 9.17) is 4.74 Å². The van der Waals surface area contributed by atoms with Gasteiger partial charge in [-0.1, -0.05) is 0 Å². The molecule has 0 aromatic heterocycles. The zero-order valence-corrected chi connectivity index (χ0v) is 16.1. The fourth-order valence-electron chi connectivity index (χ4n) is 2.51. The number of ether oxygens (including phenoxy) is 1. The van der Waals surface area contributed by atoms with E-state index in [0.29, 0.717) is 38.1 Å². The number of halogens is 3. The van der Waals surface area contributed by atoms with Gasteiger partial charge in [-0.2, -0.15) is 13.2 Å². The van der Waals surface area contributed by atoms with Crippen LogP contribution in [-0.2, 0) is 4.74 Å². The minimum Gasteiger partial charge on any atom is -0.444 e. The third-order valence-corrected chi connectivity index (χ3v) is 3.82. The number of rotatable bonds is 5. The maximum Gasteiger partial charge on any atom is 0.410 e. The van der Waals surface area contributed by atoms with Crippen molar-refractivity contribution < 1.29 is 22.7 Å². The average Bonchev–Trinajstić information content (AvgIpc) is 2.50. The highest BCUT2D eigenvalue weighted by Gasteiger charge is 2.27. The van der Waals surface area contributed by atoms with Crippen molar-refractivity contribution in [3.63, 3.8) is 0 Å². The first-order valence-corrected chi connectivity index (χ1v) is 9.07. The Morgan fingerprint density at radius 3 is 2.31 bits per heavy atom. The average molecular weight is 380 g/mol. The van der Waals surface area contributed by atoms with Gasteiger partial charge in [-0.05, 0) is 46.5 Å². The quantitative estimate of drug-likeness (QED) is 0.568. The number of aliphatic imine (C=N–C) groups is 1. The minimum atomic E-state index is -4.18. The van der Waals surface area contributed by atoms with Gasteiger partial charge in [0.05, 0.1) is 6.42 Å². The topological polar surface area (TPSA) is 66.0 Å². The second kappa shape index (κ2) is 9.87. The van der Waals surface area contributed by atoms with Gasteiger partial charge in [-0.25, -0.2) is 4.79 Å². The first-order valence-electron chi connectivity index (χ1n) is 9.07. The Labute approximate surface area is 153 Å². The minimum absolute atomic E-state index is 0.202. The SMILES string of the molecule is CCNC(=NCC1CCN(C(=O)OC(C)(C)C)CC1)NCCC(F)(F)F. The molecule has 0 unspecified atom stereocenters. The van der Waals surface area contributed by atoms with E-state index in [1.165, 1.54) is 0 Å². The van der Waals surface area contributed by atoms with Crippen molar-refractivity contribution in [3.05, 3.63) is 0 Å². The number of piperidine rings is 1. The molecule has 0 aliphatic carbocycles. The molecule has 0 radical (unpaired) electrons. The third-order valence-electron chi connectivity index (χ3n) is 3.82. The summed E-state index contributed by atoms with van der Waals surface area (Å²) in [5.74, 6) is 0.693. The number of likely N-dealkylation sites (tertiary alicyclic amines) is 1. The molecule has 1 heterocycles. The van der Waals surface area contributed by atoms with Crippen molar-refractivity contribution in [2.45, 2.75) is 58.7 Å². The molecule has 1 rings (SSSR count). The van der Waals surface area contributed by atoms with Gasteiger partial charge in [0.2, 0.25) is 0 Å². The maximum atomic E-state index is 12.2. The Balaban J connectivity index is 2.41. The number of carbonyl (C=O) groups is 1. The Morgan fingerprint density at radius 2 is 1.81 bits per heavy atom. The van der Waals surface area contributed by atoms with Crippen LogP contribution in [0, 0.1) is 5.92 Å². The summed E-state index contributed by atoms with van der Waals surface area (Å²) >= 11 is 0. The van der Waals surface area contributed by atoms with Gasteiger partial charge in [0.1, 0.15) is 5.60 Å². The lowest BCUT2D eigenvalue weighted by Crippen LogP contribution is -2.42. The van der Waals surface area contributed by atoms with Crippen LogP contribution in [0.1, 0.15) is 47.0 Å². The van der Waals surface area contributed by atoms with E-state index in [9.17, 15) is 18.0 Å². The number of hydrogen-bond donors (Lipinski definition) is 2. The Bertz CT molecular complexity index is 468. The van der Waals surface area contributed by atoms with Crippen LogP contribution >= 0.6 is 0 Å². The monoisotopic (exact) mass is 380 g/mol. The fourth-order valence-corrected chi connectivity index (χ4v) is 2.51. The number of guanidine groups is 1. The number of carbonyl (C=O) groups excluding carboxylic acids is 1. The van der Waals surface area contributed by atoms with E-state index >= 15 is 0 Å².